The molecule has 13 nitrogen and oxygen atoms in total. The third-order valence-corrected chi connectivity index (χ3v) is 6.88. The van der Waals surface area contributed by atoms with E-state index in [1.54, 1.807) is 13.8 Å². The number of hydrogen-bond acceptors (Lipinski definition) is 11. The SMILES string of the molecule is CCOC(=O)CCC(O)c1cc(Cl)ccc1[N+](=O)[O-].CCOC(=O)CCC(O[Si](C)(C)C)c1cc(Cl)ccc1[N+](=O)[O-].CO. The number of benzene rings is 2. The number of aliphatic hydroxyl groups excluding tert-OH is 2. The van der Waals surface area contributed by atoms with Crippen LogP contribution in [0.3, 0.4) is 0 Å². The first-order chi connectivity index (χ1) is 20.6. The highest BCUT2D eigenvalue weighted by Gasteiger charge is 2.29. The van der Waals surface area contributed by atoms with Crippen LogP contribution in [0.1, 0.15) is 62.9 Å². The van der Waals surface area contributed by atoms with E-state index in [0.29, 0.717) is 23.6 Å². The molecule has 0 aromatic heterocycles. The summed E-state index contributed by atoms with van der Waals surface area (Å²) in [6.07, 6.45) is -1.23. The molecule has 0 aliphatic carbocycles. The van der Waals surface area contributed by atoms with Crippen molar-refractivity contribution in [3.05, 3.63) is 77.8 Å². The fourth-order valence-corrected chi connectivity index (χ4v) is 5.20. The van der Waals surface area contributed by atoms with Gasteiger partial charge in [-0.3, -0.25) is 29.8 Å². The van der Waals surface area contributed by atoms with E-state index in [4.69, 9.17) is 42.2 Å². The molecular weight excluding hydrogens is 639 g/mol. The Morgan fingerprint density at radius 2 is 1.23 bits per heavy atom. The zero-order valence-corrected chi connectivity index (χ0v) is 28.1. The first-order valence-corrected chi connectivity index (χ1v) is 17.7. The van der Waals surface area contributed by atoms with Gasteiger partial charge in [0.05, 0.1) is 46.4 Å². The number of halogens is 2. The average molecular weight is 680 g/mol. The van der Waals surface area contributed by atoms with Crippen LogP contribution in [0.25, 0.3) is 0 Å². The fourth-order valence-electron chi connectivity index (χ4n) is 3.74. The average Bonchev–Trinajstić information content (AvgIpc) is 2.94. The number of carbonyl (C=O) groups is 2. The highest BCUT2D eigenvalue weighted by atomic mass is 35.5. The van der Waals surface area contributed by atoms with Crippen LogP contribution in [0.2, 0.25) is 29.7 Å². The van der Waals surface area contributed by atoms with Crippen LogP contribution in [0.15, 0.2) is 36.4 Å². The van der Waals surface area contributed by atoms with Gasteiger partial charge in [0, 0.05) is 42.1 Å². The quantitative estimate of drug-likeness (QED) is 0.0933. The Morgan fingerprint density at radius 3 is 1.64 bits per heavy atom. The summed E-state index contributed by atoms with van der Waals surface area (Å²) in [5.74, 6) is -0.799. The highest BCUT2D eigenvalue weighted by Crippen LogP contribution is 2.35. The number of nitro groups is 2. The minimum atomic E-state index is -1.99. The van der Waals surface area contributed by atoms with Gasteiger partial charge in [0.15, 0.2) is 8.32 Å². The summed E-state index contributed by atoms with van der Waals surface area (Å²) in [6, 6.07) is 8.31. The Hall–Kier alpha value is -3.14. The van der Waals surface area contributed by atoms with Crippen molar-refractivity contribution < 1.29 is 43.5 Å². The monoisotopic (exact) mass is 678 g/mol. The van der Waals surface area contributed by atoms with Gasteiger partial charge in [0.2, 0.25) is 0 Å². The molecule has 0 aliphatic heterocycles. The molecule has 0 saturated carbocycles. The van der Waals surface area contributed by atoms with E-state index in [-0.39, 0.29) is 53.8 Å². The molecule has 0 bridgehead atoms. The Balaban J connectivity index is 0.000000808. The lowest BCUT2D eigenvalue weighted by atomic mass is 10.0. The summed E-state index contributed by atoms with van der Waals surface area (Å²) in [7, 11) is -0.986. The molecule has 44 heavy (non-hydrogen) atoms. The van der Waals surface area contributed by atoms with Gasteiger partial charge in [0.1, 0.15) is 0 Å². The van der Waals surface area contributed by atoms with E-state index >= 15 is 0 Å². The summed E-state index contributed by atoms with van der Waals surface area (Å²) < 4.78 is 15.7. The van der Waals surface area contributed by atoms with E-state index in [0.717, 1.165) is 7.11 Å². The Morgan fingerprint density at radius 1 is 0.818 bits per heavy atom. The van der Waals surface area contributed by atoms with E-state index in [1.165, 1.54) is 36.4 Å². The minimum Gasteiger partial charge on any atom is -0.466 e. The fraction of sp³-hybridized carbons (Fsp3) is 0.500. The minimum absolute atomic E-state index is 0.0152. The van der Waals surface area contributed by atoms with Crippen molar-refractivity contribution in [2.24, 2.45) is 0 Å². The summed E-state index contributed by atoms with van der Waals surface area (Å²) in [6.45, 7) is 9.93. The number of rotatable bonds is 14. The van der Waals surface area contributed by atoms with Crippen LogP contribution in [0, 0.1) is 20.2 Å². The summed E-state index contributed by atoms with van der Waals surface area (Å²) in [5.41, 5.74) is 0.221. The van der Waals surface area contributed by atoms with Crippen LogP contribution >= 0.6 is 23.2 Å². The molecule has 0 saturated heterocycles. The van der Waals surface area contributed by atoms with Crippen molar-refractivity contribution in [2.75, 3.05) is 20.3 Å². The van der Waals surface area contributed by atoms with Crippen LogP contribution < -0.4 is 0 Å². The van der Waals surface area contributed by atoms with Gasteiger partial charge in [0.25, 0.3) is 11.4 Å². The smallest absolute Gasteiger partial charge is 0.305 e. The summed E-state index contributed by atoms with van der Waals surface area (Å²) >= 11 is 11.7. The second kappa shape index (κ2) is 20.7. The molecule has 16 heteroatoms. The number of ether oxygens (including phenoxy) is 2. The number of hydrogen-bond donors (Lipinski definition) is 2. The lowest BCUT2D eigenvalue weighted by molar-refractivity contribution is -0.386. The van der Waals surface area contributed by atoms with E-state index < -0.39 is 36.3 Å². The van der Waals surface area contributed by atoms with Crippen LogP contribution in [0.4, 0.5) is 11.4 Å². The largest absolute Gasteiger partial charge is 0.466 e. The summed E-state index contributed by atoms with van der Waals surface area (Å²) in [5, 5.41) is 39.7. The number of esters is 2. The molecule has 2 N–H and O–H groups in total. The maximum Gasteiger partial charge on any atom is 0.305 e. The molecule has 0 fully saturated rings. The molecule has 2 aromatic carbocycles. The van der Waals surface area contributed by atoms with E-state index in [1.807, 2.05) is 19.6 Å². The van der Waals surface area contributed by atoms with Crippen molar-refractivity contribution in [3.8, 4) is 0 Å². The second-order valence-electron chi connectivity index (χ2n) is 9.84. The van der Waals surface area contributed by atoms with Gasteiger partial charge >= 0.3 is 11.9 Å². The topological polar surface area (TPSA) is 189 Å². The van der Waals surface area contributed by atoms with Gasteiger partial charge < -0.3 is 24.1 Å². The predicted octanol–water partition coefficient (Wildman–Crippen LogP) is 6.72. The van der Waals surface area contributed by atoms with Crippen LogP contribution in [-0.4, -0.2) is 60.6 Å². The third kappa shape index (κ3) is 15.5. The first kappa shape index (κ1) is 40.9. The van der Waals surface area contributed by atoms with E-state index in [2.05, 4.69) is 0 Å². The van der Waals surface area contributed by atoms with Crippen molar-refractivity contribution in [1.29, 1.82) is 0 Å². The molecule has 0 aliphatic rings. The van der Waals surface area contributed by atoms with Gasteiger partial charge in [-0.2, -0.15) is 0 Å². The van der Waals surface area contributed by atoms with Crippen molar-refractivity contribution in [2.45, 2.75) is 71.4 Å². The molecule has 2 unspecified atom stereocenters. The molecular formula is C28H40Cl2N2O11Si. The lowest BCUT2D eigenvalue weighted by Gasteiger charge is -2.26. The Kier molecular flexibility index (Phi) is 19.3. The highest BCUT2D eigenvalue weighted by molar-refractivity contribution is 6.69. The molecule has 0 amide bonds. The second-order valence-corrected chi connectivity index (χ2v) is 15.2. The van der Waals surface area contributed by atoms with E-state index in [9.17, 15) is 34.9 Å². The number of nitro benzene ring substituents is 2. The molecule has 0 radical (unpaired) electrons. The first-order valence-electron chi connectivity index (χ1n) is 13.6. The van der Waals surface area contributed by atoms with Crippen LogP contribution in [0.5, 0.6) is 0 Å². The molecule has 2 aromatic rings. The maximum absolute atomic E-state index is 11.6. The van der Waals surface area contributed by atoms with Gasteiger partial charge in [-0.15, -0.1) is 0 Å². The Labute approximate surface area is 267 Å². The molecule has 0 spiro atoms. The van der Waals surface area contributed by atoms with Crippen molar-refractivity contribution in [1.82, 2.24) is 0 Å². The van der Waals surface area contributed by atoms with Crippen LogP contribution in [-0.2, 0) is 23.5 Å². The zero-order valence-electron chi connectivity index (χ0n) is 25.6. The predicted molar refractivity (Wildman–Crippen MR) is 168 cm³/mol. The van der Waals surface area contributed by atoms with Gasteiger partial charge in [-0.1, -0.05) is 23.2 Å². The number of carbonyl (C=O) groups excluding carboxylic acids is 2. The molecule has 0 heterocycles. The van der Waals surface area contributed by atoms with Crippen molar-refractivity contribution >= 4 is 54.8 Å². The Bertz CT molecular complexity index is 1240. The molecule has 2 rings (SSSR count). The zero-order chi connectivity index (χ0) is 34.0. The normalized spacial score (nSPS) is 12.0. The van der Waals surface area contributed by atoms with Crippen molar-refractivity contribution in [3.63, 3.8) is 0 Å². The molecule has 2 atom stereocenters. The van der Waals surface area contributed by atoms with Gasteiger partial charge in [-0.05, 0) is 70.6 Å². The number of nitrogens with zero attached hydrogens (tertiary/aromatic N) is 2. The lowest BCUT2D eigenvalue weighted by Crippen LogP contribution is -2.28. The standard InChI is InChI=1S/C15H22ClNO5Si.C12H14ClNO5.CH4O/c1-5-21-15(18)9-8-14(22-23(2,3)4)12-10-11(16)6-7-13(12)17(19)20;1-2-19-12(16)6-5-11(15)9-7-8(13)3-4-10(9)14(17)18;1-2/h6-7,10,14H,5,8-9H2,1-4H3;3-4,7,11,15H,2,5-6H2,1H3;2H,1H3. The number of aliphatic hydroxyl groups is 2. The summed E-state index contributed by atoms with van der Waals surface area (Å²) in [4.78, 5) is 43.8. The maximum atomic E-state index is 11.6. The molecule has 246 valence electrons. The van der Waals surface area contributed by atoms with Gasteiger partial charge in [-0.25, -0.2) is 0 Å². The third-order valence-electron chi connectivity index (χ3n) is 5.42.